The van der Waals surface area contributed by atoms with Crippen LogP contribution in [0.5, 0.6) is 0 Å². The van der Waals surface area contributed by atoms with Crippen molar-refractivity contribution in [3.05, 3.63) is 54.0 Å². The number of benzene rings is 1. The first-order chi connectivity index (χ1) is 10.0. The van der Waals surface area contributed by atoms with E-state index in [1.807, 2.05) is 0 Å². The van der Waals surface area contributed by atoms with Crippen molar-refractivity contribution in [2.75, 3.05) is 0 Å². The molecular weight excluding hydrogens is 283 g/mol. The Balaban J connectivity index is 2.34. The molecule has 3 rings (SSSR count). The van der Waals surface area contributed by atoms with Crippen LogP contribution in [-0.2, 0) is 6.18 Å². The Hall–Kier alpha value is -2.70. The molecule has 21 heavy (non-hydrogen) atoms. The second-order valence-electron chi connectivity index (χ2n) is 4.32. The molecule has 0 aliphatic rings. The number of nitrogens with zero attached hydrogens (tertiary/aromatic N) is 3. The first-order valence-electron chi connectivity index (χ1n) is 5.97. The van der Waals surface area contributed by atoms with E-state index in [1.54, 1.807) is 30.5 Å². The van der Waals surface area contributed by atoms with Gasteiger partial charge in [-0.25, -0.2) is 4.68 Å². The van der Waals surface area contributed by atoms with Gasteiger partial charge in [0.25, 0.3) is 0 Å². The molecule has 0 amide bonds. The van der Waals surface area contributed by atoms with Crippen molar-refractivity contribution in [3.63, 3.8) is 0 Å². The maximum absolute atomic E-state index is 13.2. The molecule has 0 fully saturated rings. The van der Waals surface area contributed by atoms with Gasteiger partial charge in [0.15, 0.2) is 12.0 Å². The molecule has 0 saturated heterocycles. The van der Waals surface area contributed by atoms with E-state index >= 15 is 0 Å². The molecule has 7 heteroatoms. The highest BCUT2D eigenvalue weighted by molar-refractivity contribution is 5.87. The summed E-state index contributed by atoms with van der Waals surface area (Å²) < 4.78 is 40.3. The average molecular weight is 291 g/mol. The van der Waals surface area contributed by atoms with Crippen LogP contribution in [0.3, 0.4) is 0 Å². The molecular formula is C14H8F3N3O. The fraction of sp³-hybridized carbons (Fsp3) is 0.0714. The van der Waals surface area contributed by atoms with Gasteiger partial charge in [-0.15, -0.1) is 0 Å². The lowest BCUT2D eigenvalue weighted by Crippen LogP contribution is -2.15. The molecule has 106 valence electrons. The van der Waals surface area contributed by atoms with E-state index in [9.17, 15) is 18.0 Å². The summed E-state index contributed by atoms with van der Waals surface area (Å²) in [5.41, 5.74) is -0.815. The molecule has 3 aromatic rings. The third-order valence-electron chi connectivity index (χ3n) is 3.04. The fourth-order valence-electron chi connectivity index (χ4n) is 2.19. The van der Waals surface area contributed by atoms with Crippen LogP contribution in [0.4, 0.5) is 13.2 Å². The van der Waals surface area contributed by atoms with Gasteiger partial charge < -0.3 is 0 Å². The first kappa shape index (κ1) is 13.3. The number of fused-ring (bicyclic) bond motifs is 1. The summed E-state index contributed by atoms with van der Waals surface area (Å²) in [7, 11) is 0. The summed E-state index contributed by atoms with van der Waals surface area (Å²) in [5.74, 6) is 0. The van der Waals surface area contributed by atoms with Gasteiger partial charge in [-0.2, -0.15) is 18.3 Å². The average Bonchev–Trinajstić information content (AvgIpc) is 2.90. The molecule has 0 bridgehead atoms. The van der Waals surface area contributed by atoms with Crippen molar-refractivity contribution < 1.29 is 18.0 Å². The van der Waals surface area contributed by atoms with E-state index in [0.29, 0.717) is 10.9 Å². The van der Waals surface area contributed by atoms with Gasteiger partial charge in [-0.1, -0.05) is 6.07 Å². The number of hydrogen-bond donors (Lipinski definition) is 0. The summed E-state index contributed by atoms with van der Waals surface area (Å²) in [5, 5.41) is 4.23. The lowest BCUT2D eigenvalue weighted by atomic mass is 10.1. The second-order valence-corrected chi connectivity index (χ2v) is 4.32. The number of alkyl halides is 3. The topological polar surface area (TPSA) is 47.8 Å². The molecule has 0 N–H and O–H groups in total. The highest BCUT2D eigenvalue weighted by atomic mass is 19.4. The summed E-state index contributed by atoms with van der Waals surface area (Å²) in [6.45, 7) is 0. The number of hydrogen-bond acceptors (Lipinski definition) is 3. The molecule has 0 spiro atoms. The van der Waals surface area contributed by atoms with Gasteiger partial charge >= 0.3 is 6.18 Å². The van der Waals surface area contributed by atoms with Crippen LogP contribution in [0.25, 0.3) is 16.6 Å². The second kappa shape index (κ2) is 4.69. The maximum atomic E-state index is 13.2. The van der Waals surface area contributed by atoms with Crippen LogP contribution in [0.15, 0.2) is 42.7 Å². The Morgan fingerprint density at radius 3 is 2.67 bits per heavy atom. The van der Waals surface area contributed by atoms with Crippen LogP contribution in [0.2, 0.25) is 0 Å². The Bertz CT molecular complexity index is 818. The normalized spacial score (nSPS) is 11.8. The Morgan fingerprint density at radius 1 is 1.14 bits per heavy atom. The van der Waals surface area contributed by atoms with E-state index < -0.39 is 17.4 Å². The van der Waals surface area contributed by atoms with Gasteiger partial charge in [0, 0.05) is 11.6 Å². The summed E-state index contributed by atoms with van der Waals surface area (Å²) in [4.78, 5) is 14.9. The number of carbonyl (C=O) groups excluding carboxylic acids is 1. The van der Waals surface area contributed by atoms with Gasteiger partial charge in [0.2, 0.25) is 0 Å². The maximum Gasteiger partial charge on any atom is 0.434 e. The lowest BCUT2D eigenvalue weighted by molar-refractivity contribution is -0.143. The Kier molecular flexibility index (Phi) is 2.97. The highest BCUT2D eigenvalue weighted by Gasteiger charge is 2.38. The number of rotatable bonds is 2. The molecule has 1 aromatic carbocycles. The number of halogens is 3. The Morgan fingerprint density at radius 2 is 1.95 bits per heavy atom. The first-order valence-corrected chi connectivity index (χ1v) is 5.97. The van der Waals surface area contributed by atoms with E-state index in [4.69, 9.17) is 0 Å². The zero-order valence-electron chi connectivity index (χ0n) is 10.5. The van der Waals surface area contributed by atoms with E-state index in [1.165, 1.54) is 6.07 Å². The summed E-state index contributed by atoms with van der Waals surface area (Å²) >= 11 is 0. The molecule has 0 aliphatic heterocycles. The molecule has 2 aromatic heterocycles. The zero-order valence-corrected chi connectivity index (χ0v) is 10.5. The van der Waals surface area contributed by atoms with Crippen molar-refractivity contribution in [2.24, 2.45) is 0 Å². The number of carbonyl (C=O) groups is 1. The monoisotopic (exact) mass is 291 g/mol. The van der Waals surface area contributed by atoms with E-state index in [2.05, 4.69) is 10.1 Å². The van der Waals surface area contributed by atoms with E-state index in [-0.39, 0.29) is 12.0 Å². The molecule has 0 atom stereocenters. The quantitative estimate of drug-likeness (QED) is 0.681. The van der Waals surface area contributed by atoms with Crippen molar-refractivity contribution in [2.45, 2.75) is 6.18 Å². The number of aromatic nitrogens is 3. The number of aldehydes is 1. The van der Waals surface area contributed by atoms with Gasteiger partial charge in [-0.05, 0) is 24.3 Å². The van der Waals surface area contributed by atoms with Gasteiger partial charge in [-0.3, -0.25) is 9.78 Å². The Labute approximate surface area is 116 Å². The third kappa shape index (κ3) is 2.16. The van der Waals surface area contributed by atoms with Crippen molar-refractivity contribution >= 4 is 17.2 Å². The van der Waals surface area contributed by atoms with Crippen molar-refractivity contribution in [1.29, 1.82) is 0 Å². The molecule has 2 heterocycles. The molecule has 0 aliphatic carbocycles. The summed E-state index contributed by atoms with van der Waals surface area (Å²) in [6, 6.07) is 8.06. The van der Waals surface area contributed by atoms with Crippen LogP contribution in [-0.4, -0.2) is 21.1 Å². The van der Waals surface area contributed by atoms with Gasteiger partial charge in [0.05, 0.1) is 23.0 Å². The van der Waals surface area contributed by atoms with Crippen LogP contribution in [0, 0.1) is 0 Å². The van der Waals surface area contributed by atoms with Crippen LogP contribution < -0.4 is 0 Å². The third-order valence-corrected chi connectivity index (χ3v) is 3.04. The zero-order chi connectivity index (χ0) is 15.0. The molecule has 4 nitrogen and oxygen atoms in total. The van der Waals surface area contributed by atoms with Crippen molar-refractivity contribution in [1.82, 2.24) is 14.8 Å². The standard InChI is InChI=1S/C14H8F3N3O/c15-14(16,17)13-9(8-21)7-19-20(13)12-5-1-4-11-10(12)3-2-6-18-11/h1-8H. The molecule has 0 radical (unpaired) electrons. The molecule has 0 saturated carbocycles. The predicted octanol–water partition coefficient (Wildman–Crippen LogP) is 3.25. The van der Waals surface area contributed by atoms with Crippen LogP contribution in [0.1, 0.15) is 16.1 Å². The fourth-order valence-corrected chi connectivity index (χ4v) is 2.19. The minimum atomic E-state index is -4.68. The largest absolute Gasteiger partial charge is 0.434 e. The minimum Gasteiger partial charge on any atom is -0.298 e. The smallest absolute Gasteiger partial charge is 0.298 e. The van der Waals surface area contributed by atoms with Crippen LogP contribution >= 0.6 is 0 Å². The summed E-state index contributed by atoms with van der Waals surface area (Å²) in [6.07, 6.45) is -2.07. The molecule has 0 unspecified atom stereocenters. The van der Waals surface area contributed by atoms with Gasteiger partial charge in [0.1, 0.15) is 0 Å². The predicted molar refractivity (Wildman–Crippen MR) is 69.3 cm³/mol. The van der Waals surface area contributed by atoms with E-state index in [0.717, 1.165) is 10.9 Å². The lowest BCUT2D eigenvalue weighted by Gasteiger charge is -2.12. The number of pyridine rings is 1. The highest BCUT2D eigenvalue weighted by Crippen LogP contribution is 2.34. The minimum absolute atomic E-state index is 0.149. The van der Waals surface area contributed by atoms with Crippen molar-refractivity contribution in [3.8, 4) is 5.69 Å². The SMILES string of the molecule is O=Cc1cnn(-c2cccc3ncccc23)c1C(F)(F)F.